The Bertz CT molecular complexity index is 377. The van der Waals surface area contributed by atoms with Crippen LogP contribution < -0.4 is 14.2 Å². The van der Waals surface area contributed by atoms with E-state index >= 15 is 0 Å². The molecule has 0 aromatic heterocycles. The van der Waals surface area contributed by atoms with Crippen molar-refractivity contribution in [3.63, 3.8) is 0 Å². The van der Waals surface area contributed by atoms with Crippen molar-refractivity contribution in [2.45, 2.75) is 4.90 Å². The van der Waals surface area contributed by atoms with Crippen LogP contribution in [0.1, 0.15) is 0 Å². The molecule has 1 atom stereocenters. The highest BCUT2D eigenvalue weighted by Crippen LogP contribution is 2.38. The van der Waals surface area contributed by atoms with Crippen molar-refractivity contribution in [3.05, 3.63) is 12.1 Å². The van der Waals surface area contributed by atoms with Gasteiger partial charge >= 0.3 is 0 Å². The van der Waals surface area contributed by atoms with Gasteiger partial charge in [0.2, 0.25) is 0 Å². The maximum Gasteiger partial charge on any atom is 0.179 e. The fourth-order valence-electron chi connectivity index (χ4n) is 1.20. The van der Waals surface area contributed by atoms with E-state index in [0.717, 1.165) is 0 Å². The number of benzene rings is 1. The Morgan fingerprint density at radius 2 is 1.60 bits per heavy atom. The summed E-state index contributed by atoms with van der Waals surface area (Å²) in [6, 6.07) is 3.08. The zero-order valence-electron chi connectivity index (χ0n) is 8.60. The van der Waals surface area contributed by atoms with Gasteiger partial charge < -0.3 is 18.8 Å². The van der Waals surface area contributed by atoms with E-state index in [1.807, 2.05) is 0 Å². The number of methoxy groups -OCH3 is 3. The maximum absolute atomic E-state index is 11.0. The minimum atomic E-state index is -2.44. The van der Waals surface area contributed by atoms with Crippen molar-refractivity contribution < 1.29 is 23.0 Å². The molecule has 1 unspecified atom stereocenters. The van der Waals surface area contributed by atoms with Crippen molar-refractivity contribution in [3.8, 4) is 17.2 Å². The molecule has 0 saturated heterocycles. The van der Waals surface area contributed by atoms with Crippen molar-refractivity contribution in [1.29, 1.82) is 0 Å². The number of hydrogen-bond acceptors (Lipinski definition) is 5. The van der Waals surface area contributed by atoms with Crippen LogP contribution in [-0.4, -0.2) is 30.1 Å². The third-order valence-corrected chi connectivity index (χ3v) is 2.57. The van der Waals surface area contributed by atoms with E-state index in [2.05, 4.69) is 0 Å². The normalized spacial score (nSPS) is 12.0. The average Bonchev–Trinajstić information content (AvgIpc) is 2.26. The molecule has 1 rings (SSSR count). The van der Waals surface area contributed by atoms with Gasteiger partial charge in [0.05, 0.1) is 21.3 Å². The maximum atomic E-state index is 11.0. The summed E-state index contributed by atoms with van der Waals surface area (Å²) in [6.45, 7) is 0. The lowest BCUT2D eigenvalue weighted by Crippen LogP contribution is -2.01. The van der Waals surface area contributed by atoms with Crippen molar-refractivity contribution in [2.75, 3.05) is 21.3 Å². The summed E-state index contributed by atoms with van der Waals surface area (Å²) in [5.41, 5.74) is 0. The quantitative estimate of drug-likeness (QED) is 0.722. The fourth-order valence-corrected chi connectivity index (χ4v) is 1.85. The second kappa shape index (κ2) is 4.99. The van der Waals surface area contributed by atoms with Gasteiger partial charge in [0.15, 0.2) is 11.5 Å². The fraction of sp³-hybridized carbons (Fsp3) is 0.333. The Kier molecular flexibility index (Phi) is 3.93. The van der Waals surface area contributed by atoms with Crippen LogP contribution in [0.25, 0.3) is 0 Å². The molecule has 0 aliphatic carbocycles. The van der Waals surface area contributed by atoms with E-state index in [4.69, 9.17) is 14.2 Å². The molecule has 84 valence electrons. The van der Waals surface area contributed by atoms with Crippen LogP contribution in [0.2, 0.25) is 0 Å². The summed E-state index contributed by atoms with van der Waals surface area (Å²) in [4.78, 5) is -0.0423. The molecule has 1 aromatic carbocycles. The Morgan fingerprint density at radius 3 is 2.00 bits per heavy atom. The molecule has 15 heavy (non-hydrogen) atoms. The number of ether oxygens (including phenoxy) is 3. The summed E-state index contributed by atoms with van der Waals surface area (Å²) in [6.07, 6.45) is 0. The minimum Gasteiger partial charge on any atom is -0.768 e. The Balaban J connectivity index is 3.44. The topological polar surface area (TPSA) is 67.8 Å². The van der Waals surface area contributed by atoms with Crippen LogP contribution in [-0.2, 0) is 11.1 Å². The van der Waals surface area contributed by atoms with Gasteiger partial charge in [0.1, 0.15) is 10.6 Å². The van der Waals surface area contributed by atoms with Gasteiger partial charge in [0, 0.05) is 0 Å². The summed E-state index contributed by atoms with van der Waals surface area (Å²) in [7, 11) is 4.19. The summed E-state index contributed by atoms with van der Waals surface area (Å²) < 4.78 is 36.9. The monoisotopic (exact) mass is 231 g/mol. The number of hydrogen-bond donors (Lipinski definition) is 0. The van der Waals surface area contributed by atoms with Gasteiger partial charge in [0.25, 0.3) is 0 Å². The second-order valence-electron chi connectivity index (χ2n) is 2.57. The van der Waals surface area contributed by atoms with E-state index in [1.165, 1.54) is 27.4 Å². The third-order valence-electron chi connectivity index (χ3n) is 1.85. The second-order valence-corrected chi connectivity index (χ2v) is 3.44. The standard InChI is InChI=1S/C9H12O5S/c1-12-6-4-5-7(13-2)9(15(10)11)8(6)14-3/h4-5H,1-3H3,(H,10,11)/p-1. The van der Waals surface area contributed by atoms with Gasteiger partial charge in [-0.3, -0.25) is 4.21 Å². The molecule has 0 radical (unpaired) electrons. The molecule has 0 heterocycles. The molecule has 0 amide bonds. The third kappa shape index (κ3) is 2.21. The molecule has 0 spiro atoms. The Labute approximate surface area is 90.2 Å². The first-order valence-corrected chi connectivity index (χ1v) is 5.11. The van der Waals surface area contributed by atoms with E-state index < -0.39 is 11.1 Å². The molecule has 5 nitrogen and oxygen atoms in total. The van der Waals surface area contributed by atoms with E-state index in [-0.39, 0.29) is 16.4 Å². The van der Waals surface area contributed by atoms with Gasteiger partial charge in [-0.25, -0.2) is 0 Å². The lowest BCUT2D eigenvalue weighted by Gasteiger charge is -2.17. The predicted molar refractivity (Wildman–Crippen MR) is 53.3 cm³/mol. The molecular formula is C9H11O5S-. The molecule has 0 aliphatic rings. The van der Waals surface area contributed by atoms with Crippen LogP contribution in [0.15, 0.2) is 17.0 Å². The van der Waals surface area contributed by atoms with Crippen LogP contribution in [0.4, 0.5) is 0 Å². The molecule has 6 heteroatoms. The van der Waals surface area contributed by atoms with Gasteiger partial charge in [-0.05, 0) is 23.2 Å². The lowest BCUT2D eigenvalue weighted by atomic mass is 10.3. The Hall–Kier alpha value is -1.27. The highest BCUT2D eigenvalue weighted by atomic mass is 32.2. The van der Waals surface area contributed by atoms with Crippen molar-refractivity contribution in [1.82, 2.24) is 0 Å². The number of rotatable bonds is 4. The van der Waals surface area contributed by atoms with Gasteiger partial charge in [-0.1, -0.05) is 0 Å². The van der Waals surface area contributed by atoms with E-state index in [0.29, 0.717) is 5.75 Å². The van der Waals surface area contributed by atoms with Crippen molar-refractivity contribution >= 4 is 11.1 Å². The summed E-state index contributed by atoms with van der Waals surface area (Å²) in [5, 5.41) is 0. The highest BCUT2D eigenvalue weighted by molar-refractivity contribution is 7.79. The first-order valence-electron chi connectivity index (χ1n) is 4.04. The van der Waals surface area contributed by atoms with Crippen LogP contribution in [0, 0.1) is 0 Å². The molecule has 0 fully saturated rings. The van der Waals surface area contributed by atoms with Crippen molar-refractivity contribution in [2.24, 2.45) is 0 Å². The van der Waals surface area contributed by atoms with E-state index in [1.54, 1.807) is 6.07 Å². The van der Waals surface area contributed by atoms with Crippen LogP contribution in [0.3, 0.4) is 0 Å². The van der Waals surface area contributed by atoms with Gasteiger partial charge in [-0.2, -0.15) is 0 Å². The molecule has 0 N–H and O–H groups in total. The molecule has 0 bridgehead atoms. The summed E-state index contributed by atoms with van der Waals surface area (Å²) >= 11 is -2.44. The molecular weight excluding hydrogens is 220 g/mol. The average molecular weight is 231 g/mol. The smallest absolute Gasteiger partial charge is 0.179 e. The van der Waals surface area contributed by atoms with Crippen LogP contribution in [0.5, 0.6) is 17.2 Å². The lowest BCUT2D eigenvalue weighted by molar-refractivity contribution is 0.334. The van der Waals surface area contributed by atoms with Gasteiger partial charge in [-0.15, -0.1) is 0 Å². The first-order chi connectivity index (χ1) is 7.15. The highest BCUT2D eigenvalue weighted by Gasteiger charge is 2.16. The minimum absolute atomic E-state index is 0.0423. The van der Waals surface area contributed by atoms with Crippen LogP contribution >= 0.6 is 0 Å². The first kappa shape index (κ1) is 11.8. The zero-order valence-corrected chi connectivity index (χ0v) is 9.42. The van der Waals surface area contributed by atoms with E-state index in [9.17, 15) is 8.76 Å². The zero-order chi connectivity index (χ0) is 11.4. The molecule has 0 saturated carbocycles. The molecule has 1 aromatic rings. The SMILES string of the molecule is COc1ccc(OC)c(S(=O)[O-])c1OC. The largest absolute Gasteiger partial charge is 0.768 e. The summed E-state index contributed by atoms with van der Waals surface area (Å²) in [5.74, 6) is 0.712. The molecule has 0 aliphatic heterocycles. The predicted octanol–water partition coefficient (Wildman–Crippen LogP) is 0.950. The Morgan fingerprint density at radius 1 is 1.07 bits per heavy atom.